The number of nitrogens with zero attached hydrogens (tertiary/aromatic N) is 3. The van der Waals surface area contributed by atoms with E-state index in [1.165, 1.54) is 6.21 Å². The normalized spacial score (nSPS) is 10.6. The number of anilines is 1. The summed E-state index contributed by atoms with van der Waals surface area (Å²) in [5.41, 5.74) is 3.95. The Labute approximate surface area is 216 Å². The molecule has 4 rings (SSSR count). The summed E-state index contributed by atoms with van der Waals surface area (Å²) in [6.45, 7) is 2.13. The number of amides is 2. The molecule has 0 aliphatic carbocycles. The number of hydrogen-bond donors (Lipinski definition) is 2. The molecule has 0 spiro atoms. The van der Waals surface area contributed by atoms with Gasteiger partial charge in [-0.05, 0) is 42.8 Å². The van der Waals surface area contributed by atoms with E-state index in [0.29, 0.717) is 28.5 Å². The first kappa shape index (κ1) is 25.2. The fourth-order valence-corrected chi connectivity index (χ4v) is 3.78. The van der Waals surface area contributed by atoms with E-state index in [9.17, 15) is 14.4 Å². The molecule has 4 aromatic rings. The summed E-state index contributed by atoms with van der Waals surface area (Å²) in [7, 11) is 0. The molecule has 0 fully saturated rings. The summed E-state index contributed by atoms with van der Waals surface area (Å²) in [5, 5.41) is 14.9. The van der Waals surface area contributed by atoms with Crippen molar-refractivity contribution in [2.24, 2.45) is 5.10 Å². The van der Waals surface area contributed by atoms with Gasteiger partial charge in [0, 0.05) is 5.56 Å². The van der Waals surface area contributed by atoms with Crippen LogP contribution < -0.4 is 20.2 Å². The predicted octanol–water partition coefficient (Wildman–Crippen LogP) is 3.91. The molecule has 0 atom stereocenters. The lowest BCUT2D eigenvalue weighted by molar-refractivity contribution is -0.136. The second-order valence-electron chi connectivity index (χ2n) is 7.33. The third-order valence-electron chi connectivity index (χ3n) is 4.73. The molecule has 0 aliphatic heterocycles. The van der Waals surface area contributed by atoms with Crippen LogP contribution in [0.3, 0.4) is 0 Å². The summed E-state index contributed by atoms with van der Waals surface area (Å²) in [6.07, 6.45) is 1.33. The molecule has 0 bridgehead atoms. The van der Waals surface area contributed by atoms with Crippen molar-refractivity contribution in [1.29, 1.82) is 0 Å². The van der Waals surface area contributed by atoms with Crippen LogP contribution in [-0.2, 0) is 9.59 Å². The van der Waals surface area contributed by atoms with Gasteiger partial charge >= 0.3 is 17.8 Å². The number of nitrogens with one attached hydrogen (secondary N) is 2. The molecule has 2 N–H and O–H groups in total. The van der Waals surface area contributed by atoms with Crippen molar-refractivity contribution in [3.05, 3.63) is 90.0 Å². The van der Waals surface area contributed by atoms with Crippen LogP contribution in [0.4, 0.5) is 5.13 Å². The lowest BCUT2D eigenvalue weighted by Crippen LogP contribution is -2.32. The van der Waals surface area contributed by atoms with Gasteiger partial charge in [0.15, 0.2) is 11.5 Å². The van der Waals surface area contributed by atoms with E-state index in [4.69, 9.17) is 9.47 Å². The van der Waals surface area contributed by atoms with Gasteiger partial charge in [-0.2, -0.15) is 5.10 Å². The van der Waals surface area contributed by atoms with E-state index in [1.54, 1.807) is 55.5 Å². The van der Waals surface area contributed by atoms with Crippen molar-refractivity contribution in [1.82, 2.24) is 15.6 Å². The maximum atomic E-state index is 12.4. The predicted molar refractivity (Wildman–Crippen MR) is 139 cm³/mol. The van der Waals surface area contributed by atoms with Crippen LogP contribution in [0, 0.1) is 0 Å². The minimum atomic E-state index is -0.980. The van der Waals surface area contributed by atoms with Gasteiger partial charge < -0.3 is 9.47 Å². The van der Waals surface area contributed by atoms with Crippen LogP contribution in [0.15, 0.2) is 84.0 Å². The van der Waals surface area contributed by atoms with Crippen LogP contribution in [-0.4, -0.2) is 40.8 Å². The molecular weight excluding hydrogens is 494 g/mol. The van der Waals surface area contributed by atoms with Crippen LogP contribution >= 0.6 is 11.3 Å². The van der Waals surface area contributed by atoms with Gasteiger partial charge in [-0.3, -0.25) is 14.9 Å². The van der Waals surface area contributed by atoms with Crippen LogP contribution in [0.5, 0.6) is 11.5 Å². The monoisotopic (exact) mass is 515 g/mol. The summed E-state index contributed by atoms with van der Waals surface area (Å²) in [5.74, 6) is -1.88. The maximum Gasteiger partial charge on any atom is 0.343 e. The Hall–Kier alpha value is -4.90. The van der Waals surface area contributed by atoms with Gasteiger partial charge in [-0.15, -0.1) is 10.2 Å². The average molecular weight is 516 g/mol. The first-order chi connectivity index (χ1) is 18.0. The Balaban J connectivity index is 1.35. The van der Waals surface area contributed by atoms with E-state index in [-0.39, 0.29) is 10.9 Å². The Morgan fingerprint density at radius 2 is 1.65 bits per heavy atom. The van der Waals surface area contributed by atoms with Crippen molar-refractivity contribution in [2.45, 2.75) is 6.92 Å². The fraction of sp³-hybridized carbons (Fsp3) is 0.0769. The Kier molecular flexibility index (Phi) is 8.29. The largest absolute Gasteiger partial charge is 0.490 e. The molecule has 37 heavy (non-hydrogen) atoms. The molecule has 3 aromatic carbocycles. The van der Waals surface area contributed by atoms with Crippen molar-refractivity contribution < 1.29 is 23.9 Å². The van der Waals surface area contributed by atoms with Crippen molar-refractivity contribution >= 4 is 40.5 Å². The molecule has 0 saturated carbocycles. The lowest BCUT2D eigenvalue weighted by atomic mass is 10.2. The van der Waals surface area contributed by atoms with E-state index in [2.05, 4.69) is 26.0 Å². The number of ether oxygens (including phenoxy) is 2. The number of esters is 1. The Bertz CT molecular complexity index is 1420. The zero-order valence-corrected chi connectivity index (χ0v) is 20.4. The summed E-state index contributed by atoms with van der Waals surface area (Å²) < 4.78 is 11.0. The zero-order valence-electron chi connectivity index (χ0n) is 19.6. The van der Waals surface area contributed by atoms with E-state index in [1.807, 2.05) is 30.3 Å². The van der Waals surface area contributed by atoms with Gasteiger partial charge in [0.1, 0.15) is 5.01 Å². The lowest BCUT2D eigenvalue weighted by Gasteiger charge is -2.11. The van der Waals surface area contributed by atoms with Crippen molar-refractivity contribution in [3.8, 4) is 22.1 Å². The minimum Gasteiger partial charge on any atom is -0.490 e. The van der Waals surface area contributed by atoms with Gasteiger partial charge in [0.25, 0.3) is 0 Å². The van der Waals surface area contributed by atoms with Crippen LogP contribution in [0.2, 0.25) is 0 Å². The highest BCUT2D eigenvalue weighted by Crippen LogP contribution is 2.29. The summed E-state index contributed by atoms with van der Waals surface area (Å²) in [4.78, 5) is 36.7. The minimum absolute atomic E-state index is 0.185. The third-order valence-corrected chi connectivity index (χ3v) is 5.62. The van der Waals surface area contributed by atoms with Crippen molar-refractivity contribution in [3.63, 3.8) is 0 Å². The van der Waals surface area contributed by atoms with E-state index < -0.39 is 17.8 Å². The average Bonchev–Trinajstić information content (AvgIpc) is 3.39. The molecule has 0 aliphatic rings. The highest BCUT2D eigenvalue weighted by molar-refractivity contribution is 7.18. The van der Waals surface area contributed by atoms with Gasteiger partial charge in [-0.25, -0.2) is 10.2 Å². The van der Waals surface area contributed by atoms with Gasteiger partial charge in [-0.1, -0.05) is 59.9 Å². The number of rotatable bonds is 8. The molecular formula is C26H21N5O5S. The molecule has 1 aromatic heterocycles. The van der Waals surface area contributed by atoms with Crippen LogP contribution in [0.25, 0.3) is 10.6 Å². The summed E-state index contributed by atoms with van der Waals surface area (Å²) >= 11 is 1.14. The topological polar surface area (TPSA) is 132 Å². The van der Waals surface area contributed by atoms with E-state index in [0.717, 1.165) is 16.9 Å². The molecule has 11 heteroatoms. The molecule has 0 saturated heterocycles. The zero-order chi connectivity index (χ0) is 26.0. The first-order valence-electron chi connectivity index (χ1n) is 11.1. The Morgan fingerprint density at radius 3 is 2.38 bits per heavy atom. The second kappa shape index (κ2) is 12.2. The highest BCUT2D eigenvalue weighted by atomic mass is 32.1. The van der Waals surface area contributed by atoms with Gasteiger partial charge in [0.05, 0.1) is 18.4 Å². The first-order valence-corrected chi connectivity index (χ1v) is 11.9. The number of aromatic nitrogens is 2. The quantitative estimate of drug-likeness (QED) is 0.120. The molecule has 0 radical (unpaired) electrons. The fourth-order valence-electron chi connectivity index (χ4n) is 3.03. The van der Waals surface area contributed by atoms with E-state index >= 15 is 0 Å². The number of carbonyl (C=O) groups excluding carboxylic acids is 3. The standard InChI is InChI=1S/C26H21N5O5S/c1-2-35-21-15-17(13-14-20(21)36-25(34)19-11-7-4-8-12-19)16-27-29-23(33)22(32)28-26-31-30-24(37-26)18-9-5-3-6-10-18/h3-16H,2H2,1H3,(H,29,33)(H,28,31,32)/b27-16-. The van der Waals surface area contributed by atoms with Gasteiger partial charge in [0.2, 0.25) is 5.13 Å². The van der Waals surface area contributed by atoms with Crippen LogP contribution in [0.1, 0.15) is 22.8 Å². The van der Waals surface area contributed by atoms with Crippen molar-refractivity contribution in [2.75, 3.05) is 11.9 Å². The smallest absolute Gasteiger partial charge is 0.343 e. The molecule has 2 amide bonds. The molecule has 0 unspecified atom stereocenters. The number of hydrazone groups is 1. The SMILES string of the molecule is CCOc1cc(/C=N\NC(=O)C(=O)Nc2nnc(-c3ccccc3)s2)ccc1OC(=O)c1ccccc1. The molecule has 186 valence electrons. The second-order valence-corrected chi connectivity index (χ2v) is 8.30. The number of hydrogen-bond acceptors (Lipinski definition) is 9. The third kappa shape index (κ3) is 6.83. The highest BCUT2D eigenvalue weighted by Gasteiger charge is 2.16. The number of carbonyl (C=O) groups is 3. The molecule has 1 heterocycles. The number of benzene rings is 3. The molecule has 10 nitrogen and oxygen atoms in total. The Morgan fingerprint density at radius 1 is 0.919 bits per heavy atom. The summed E-state index contributed by atoms with van der Waals surface area (Å²) in [6, 6.07) is 22.7. The maximum absolute atomic E-state index is 12.4.